The molecule has 0 aromatic carbocycles. The van der Waals surface area contributed by atoms with Crippen LogP contribution in [-0.2, 0) is 17.1 Å². The van der Waals surface area contributed by atoms with Crippen LogP contribution in [0.1, 0.15) is 10.7 Å². The Kier molecular flexibility index (Phi) is 4.28. The Bertz CT molecular complexity index is 529. The number of halogens is 1. The van der Waals surface area contributed by atoms with Crippen LogP contribution in [0, 0.1) is 0 Å². The molecule has 1 amide bonds. The smallest absolute Gasteiger partial charge is 0.233 e. The van der Waals surface area contributed by atoms with Gasteiger partial charge in [0.05, 0.1) is 18.0 Å². The van der Waals surface area contributed by atoms with Gasteiger partial charge in [0, 0.05) is 30.5 Å². The highest BCUT2D eigenvalue weighted by molar-refractivity contribution is 7.09. The van der Waals surface area contributed by atoms with Crippen LogP contribution in [0.25, 0.3) is 0 Å². The third-order valence-electron chi connectivity index (χ3n) is 2.46. The lowest BCUT2D eigenvalue weighted by molar-refractivity contribution is -0.117. The van der Waals surface area contributed by atoms with E-state index in [9.17, 15) is 4.79 Å². The Morgan fingerprint density at radius 3 is 2.78 bits per heavy atom. The van der Waals surface area contributed by atoms with E-state index in [4.69, 9.17) is 11.6 Å². The fourth-order valence-corrected chi connectivity index (χ4v) is 2.46. The lowest BCUT2D eigenvalue weighted by Crippen LogP contribution is -2.27. The number of thiazole rings is 1. The van der Waals surface area contributed by atoms with Crippen LogP contribution in [0.5, 0.6) is 0 Å². The number of aromatic nitrogens is 2. The van der Waals surface area contributed by atoms with E-state index in [0.29, 0.717) is 12.3 Å². The van der Waals surface area contributed by atoms with Crippen molar-refractivity contribution < 1.29 is 4.79 Å². The van der Waals surface area contributed by atoms with Crippen molar-refractivity contribution in [2.24, 2.45) is 0 Å². The molecule has 0 saturated carbocycles. The first kappa shape index (κ1) is 13.0. The van der Waals surface area contributed by atoms with E-state index < -0.39 is 0 Å². The molecule has 4 nitrogen and oxygen atoms in total. The summed E-state index contributed by atoms with van der Waals surface area (Å²) in [5, 5.41) is 2.67. The number of carbonyl (C=O) groups is 1. The van der Waals surface area contributed by atoms with Gasteiger partial charge in [-0.05, 0) is 12.1 Å². The Morgan fingerprint density at radius 1 is 1.44 bits per heavy atom. The first-order valence-corrected chi connectivity index (χ1v) is 6.78. The summed E-state index contributed by atoms with van der Waals surface area (Å²) in [5.41, 5.74) is 1.64. The first-order chi connectivity index (χ1) is 8.70. The summed E-state index contributed by atoms with van der Waals surface area (Å²) in [6.45, 7) is 0. The van der Waals surface area contributed by atoms with Crippen molar-refractivity contribution in [1.82, 2.24) is 9.97 Å². The summed E-state index contributed by atoms with van der Waals surface area (Å²) >= 11 is 7.14. The molecule has 94 valence electrons. The van der Waals surface area contributed by atoms with Crippen molar-refractivity contribution in [2.45, 2.75) is 12.3 Å². The van der Waals surface area contributed by atoms with Crippen molar-refractivity contribution in [3.8, 4) is 0 Å². The van der Waals surface area contributed by atoms with Gasteiger partial charge < -0.3 is 4.90 Å². The van der Waals surface area contributed by atoms with Crippen molar-refractivity contribution >= 4 is 34.5 Å². The second-order valence-electron chi connectivity index (χ2n) is 3.70. The molecule has 2 rings (SSSR count). The highest BCUT2D eigenvalue weighted by Gasteiger charge is 2.13. The predicted octanol–water partition coefficient (Wildman–Crippen LogP) is 2.48. The van der Waals surface area contributed by atoms with E-state index in [-0.39, 0.29) is 5.91 Å². The summed E-state index contributed by atoms with van der Waals surface area (Å²) < 4.78 is 0. The number of hydrogen-bond acceptors (Lipinski definition) is 4. The number of amides is 1. The fraction of sp³-hybridized carbons (Fsp3) is 0.250. The third kappa shape index (κ3) is 3.05. The molecule has 18 heavy (non-hydrogen) atoms. The second kappa shape index (κ2) is 5.93. The minimum absolute atomic E-state index is 0.00308. The molecule has 0 radical (unpaired) electrons. The van der Waals surface area contributed by atoms with E-state index in [1.807, 2.05) is 5.38 Å². The molecule has 0 aliphatic rings. The van der Waals surface area contributed by atoms with Gasteiger partial charge >= 0.3 is 0 Å². The highest BCUT2D eigenvalue weighted by atomic mass is 35.5. The average Bonchev–Trinajstić information content (AvgIpc) is 2.86. The van der Waals surface area contributed by atoms with Gasteiger partial charge in [-0.25, -0.2) is 4.98 Å². The second-order valence-corrected chi connectivity index (χ2v) is 4.91. The van der Waals surface area contributed by atoms with E-state index in [1.165, 1.54) is 11.3 Å². The monoisotopic (exact) mass is 281 g/mol. The predicted molar refractivity (Wildman–Crippen MR) is 73.0 cm³/mol. The highest BCUT2D eigenvalue weighted by Crippen LogP contribution is 2.15. The zero-order valence-corrected chi connectivity index (χ0v) is 11.4. The Hall–Kier alpha value is -1.46. The van der Waals surface area contributed by atoms with E-state index in [1.54, 1.807) is 36.5 Å². The van der Waals surface area contributed by atoms with Crippen LogP contribution < -0.4 is 4.90 Å². The molecule has 6 heteroatoms. The molecule has 0 aliphatic heterocycles. The number of rotatable bonds is 4. The van der Waals surface area contributed by atoms with Gasteiger partial charge in [-0.1, -0.05) is 0 Å². The van der Waals surface area contributed by atoms with E-state index >= 15 is 0 Å². The molecule has 0 saturated heterocycles. The van der Waals surface area contributed by atoms with Crippen molar-refractivity contribution in [2.75, 3.05) is 11.9 Å². The van der Waals surface area contributed by atoms with Gasteiger partial charge in [-0.2, -0.15) is 0 Å². The maximum Gasteiger partial charge on any atom is 0.233 e. The molecule has 0 N–H and O–H groups in total. The Labute approximate surface area is 114 Å². The maximum atomic E-state index is 12.0. The normalized spacial score (nSPS) is 10.3. The molecule has 0 bridgehead atoms. The topological polar surface area (TPSA) is 46.1 Å². The largest absolute Gasteiger partial charge is 0.315 e. The van der Waals surface area contributed by atoms with Crippen LogP contribution in [-0.4, -0.2) is 22.9 Å². The van der Waals surface area contributed by atoms with Crippen LogP contribution in [0.2, 0.25) is 0 Å². The van der Waals surface area contributed by atoms with Crippen LogP contribution in [0.3, 0.4) is 0 Å². The minimum atomic E-state index is -0.00308. The Morgan fingerprint density at radius 2 is 2.17 bits per heavy atom. The lowest BCUT2D eigenvalue weighted by atomic mass is 10.3. The zero-order valence-electron chi connectivity index (χ0n) is 9.84. The van der Waals surface area contributed by atoms with Crippen molar-refractivity contribution in [1.29, 1.82) is 0 Å². The molecule has 2 heterocycles. The molecular formula is C12H12ClN3OS. The molecule has 0 spiro atoms. The molecule has 0 atom stereocenters. The number of alkyl halides is 1. The molecular weight excluding hydrogens is 270 g/mol. The number of nitrogens with zero attached hydrogens (tertiary/aromatic N) is 3. The minimum Gasteiger partial charge on any atom is -0.315 e. The molecule has 0 unspecified atom stereocenters. The third-order valence-corrected chi connectivity index (χ3v) is 3.63. The molecule has 0 fully saturated rings. The fourth-order valence-electron chi connectivity index (χ4n) is 1.45. The van der Waals surface area contributed by atoms with Gasteiger partial charge in [-0.15, -0.1) is 22.9 Å². The van der Waals surface area contributed by atoms with Gasteiger partial charge in [0.25, 0.3) is 0 Å². The van der Waals surface area contributed by atoms with Gasteiger partial charge in [0.15, 0.2) is 0 Å². The quantitative estimate of drug-likeness (QED) is 0.809. The standard InChI is InChI=1S/C12H12ClN3OS/c1-16(10-2-4-14-5-3-10)12(17)6-11-15-9(7-13)8-18-11/h2-5,8H,6-7H2,1H3. The van der Waals surface area contributed by atoms with E-state index in [0.717, 1.165) is 16.4 Å². The maximum absolute atomic E-state index is 12.0. The number of likely N-dealkylation sites (N-methyl/N-ethyl adjacent to an activating group) is 1. The van der Waals surface area contributed by atoms with Crippen LogP contribution in [0.15, 0.2) is 29.9 Å². The SMILES string of the molecule is CN(C(=O)Cc1nc(CCl)cs1)c1ccncc1. The summed E-state index contributed by atoms with van der Waals surface area (Å²) in [5.74, 6) is 0.377. The number of carbonyl (C=O) groups excluding carboxylic acids is 1. The Balaban J connectivity index is 2.04. The zero-order chi connectivity index (χ0) is 13.0. The van der Waals surface area contributed by atoms with Crippen molar-refractivity contribution in [3.63, 3.8) is 0 Å². The van der Waals surface area contributed by atoms with E-state index in [2.05, 4.69) is 9.97 Å². The van der Waals surface area contributed by atoms with Gasteiger partial charge in [0.1, 0.15) is 5.01 Å². The molecule has 0 aliphatic carbocycles. The number of hydrogen-bond donors (Lipinski definition) is 0. The average molecular weight is 282 g/mol. The summed E-state index contributed by atoms with van der Waals surface area (Å²) in [7, 11) is 1.74. The molecule has 2 aromatic rings. The van der Waals surface area contributed by atoms with Gasteiger partial charge in [-0.3, -0.25) is 9.78 Å². The van der Waals surface area contributed by atoms with Gasteiger partial charge in [0.2, 0.25) is 5.91 Å². The van der Waals surface area contributed by atoms with Crippen LogP contribution >= 0.6 is 22.9 Å². The summed E-state index contributed by atoms with van der Waals surface area (Å²) in [4.78, 5) is 21.8. The molecule has 2 aromatic heterocycles. The van der Waals surface area contributed by atoms with Crippen molar-refractivity contribution in [3.05, 3.63) is 40.6 Å². The lowest BCUT2D eigenvalue weighted by Gasteiger charge is -2.16. The van der Waals surface area contributed by atoms with Crippen LogP contribution in [0.4, 0.5) is 5.69 Å². The summed E-state index contributed by atoms with van der Waals surface area (Å²) in [6.07, 6.45) is 3.61. The summed E-state index contributed by atoms with van der Waals surface area (Å²) in [6, 6.07) is 3.59. The number of pyridine rings is 1. The first-order valence-electron chi connectivity index (χ1n) is 5.36. The number of anilines is 1.